The number of benzene rings is 1. The van der Waals surface area contributed by atoms with Gasteiger partial charge >= 0.3 is 6.36 Å². The van der Waals surface area contributed by atoms with Gasteiger partial charge in [0.05, 0.1) is 17.6 Å². The predicted molar refractivity (Wildman–Crippen MR) is 137 cm³/mol. The predicted octanol–water partition coefficient (Wildman–Crippen LogP) is 8.33. The molecule has 3 rings (SSSR count). The summed E-state index contributed by atoms with van der Waals surface area (Å²) in [5.74, 6) is 0.477. The van der Waals surface area contributed by atoms with Gasteiger partial charge in [0.15, 0.2) is 0 Å². The fourth-order valence-corrected chi connectivity index (χ4v) is 5.22. The highest BCUT2D eigenvalue weighted by Crippen LogP contribution is 2.32. The van der Waals surface area contributed by atoms with Gasteiger partial charge in [-0.3, -0.25) is 5.10 Å². The number of H-pyrrole nitrogens is 1. The van der Waals surface area contributed by atoms with Crippen molar-refractivity contribution in [3.63, 3.8) is 0 Å². The highest BCUT2D eigenvalue weighted by Gasteiger charge is 2.31. The molecule has 8 heteroatoms. The van der Waals surface area contributed by atoms with Crippen molar-refractivity contribution < 1.29 is 17.9 Å². The van der Waals surface area contributed by atoms with Crippen molar-refractivity contribution in [3.05, 3.63) is 63.6 Å². The third-order valence-corrected chi connectivity index (χ3v) is 7.48. The molecule has 2 heterocycles. The number of anilines is 1. The van der Waals surface area contributed by atoms with Crippen LogP contribution in [0.15, 0.2) is 42.6 Å². The van der Waals surface area contributed by atoms with Crippen LogP contribution in [0.5, 0.6) is 5.75 Å². The number of aryl methyl sites for hydroxylation is 1. The van der Waals surface area contributed by atoms with Crippen molar-refractivity contribution in [2.75, 3.05) is 11.9 Å². The normalized spacial score (nSPS) is 13.5. The number of ether oxygens (including phenoxy) is 1. The number of rotatable bonds is 14. The van der Waals surface area contributed by atoms with E-state index in [-0.39, 0.29) is 11.7 Å². The molecule has 4 nitrogen and oxygen atoms in total. The Balaban J connectivity index is 1.55. The number of hydrogen-bond acceptors (Lipinski definition) is 4. The maximum Gasteiger partial charge on any atom is 0.573 e. The number of nitrogens with one attached hydrogen (secondary N) is 2. The molecule has 1 aromatic carbocycles. The van der Waals surface area contributed by atoms with Crippen molar-refractivity contribution in [3.8, 4) is 5.75 Å². The molecule has 0 aliphatic heterocycles. The maximum atomic E-state index is 12.7. The van der Waals surface area contributed by atoms with E-state index in [0.717, 1.165) is 68.4 Å². The number of aromatic nitrogens is 2. The van der Waals surface area contributed by atoms with E-state index < -0.39 is 6.36 Å². The van der Waals surface area contributed by atoms with Crippen molar-refractivity contribution >= 4 is 17.0 Å². The van der Waals surface area contributed by atoms with Crippen molar-refractivity contribution in [2.45, 2.75) is 78.0 Å². The molecular weight excluding hydrogens is 471 g/mol. The second-order valence-corrected chi connectivity index (χ2v) is 10.4. The molecule has 0 amide bonds. The first-order valence-electron chi connectivity index (χ1n) is 12.5. The second kappa shape index (κ2) is 13.0. The summed E-state index contributed by atoms with van der Waals surface area (Å²) in [5.41, 5.74) is 3.03. The Bertz CT molecular complexity index is 1030. The van der Waals surface area contributed by atoms with Gasteiger partial charge < -0.3 is 10.1 Å². The van der Waals surface area contributed by atoms with E-state index in [9.17, 15) is 13.2 Å². The molecule has 0 saturated carbocycles. The summed E-state index contributed by atoms with van der Waals surface area (Å²) in [6.45, 7) is 7.32. The molecule has 0 saturated heterocycles. The molecule has 0 spiro atoms. The highest BCUT2D eigenvalue weighted by molar-refractivity contribution is 7.12. The molecule has 0 aliphatic rings. The molecule has 0 bridgehead atoms. The lowest BCUT2D eigenvalue weighted by Crippen LogP contribution is -2.17. The van der Waals surface area contributed by atoms with Crippen LogP contribution in [-0.4, -0.2) is 23.1 Å². The second-order valence-electron chi connectivity index (χ2n) is 9.18. The molecule has 0 aliphatic carbocycles. The first kappa shape index (κ1) is 27.1. The van der Waals surface area contributed by atoms with Crippen LogP contribution in [0.3, 0.4) is 0 Å². The summed E-state index contributed by atoms with van der Waals surface area (Å²) in [5, 5.41) is 10.9. The third-order valence-electron chi connectivity index (χ3n) is 6.25. The Morgan fingerprint density at radius 1 is 1.09 bits per heavy atom. The molecule has 2 aromatic heterocycles. The zero-order valence-electron chi connectivity index (χ0n) is 20.8. The number of unbranched alkanes of at least 4 members (excludes halogenated alkanes) is 1. The maximum absolute atomic E-state index is 12.7. The summed E-state index contributed by atoms with van der Waals surface area (Å²) in [7, 11) is 0. The zero-order chi connectivity index (χ0) is 25.3. The van der Waals surface area contributed by atoms with E-state index in [1.807, 2.05) is 23.6 Å². The van der Waals surface area contributed by atoms with Crippen LogP contribution in [-0.2, 0) is 12.8 Å². The quantitative estimate of drug-likeness (QED) is 0.231. The standard InChI is InChI=1S/C27H36F3N3OS/c1-4-6-8-20(21-9-7-10-22(15-21)34-27(28,29)30)12-11-19(3)17-31-26-18-32-33-25(26)16-24-14-13-23(5-2)35-24/h7,9-10,13-15,18-20,31H,4-6,8,11-12,16-17H2,1-3H3,(H,32,33). The lowest BCUT2D eigenvalue weighted by molar-refractivity contribution is -0.274. The molecule has 2 N–H and O–H groups in total. The van der Waals surface area contributed by atoms with Crippen LogP contribution in [0, 0.1) is 5.92 Å². The monoisotopic (exact) mass is 507 g/mol. The van der Waals surface area contributed by atoms with Crippen molar-refractivity contribution in [1.82, 2.24) is 10.2 Å². The summed E-state index contributed by atoms with van der Waals surface area (Å²) in [6, 6.07) is 10.8. The van der Waals surface area contributed by atoms with E-state index in [0.29, 0.717) is 5.92 Å². The fourth-order valence-electron chi connectivity index (χ4n) is 4.25. The minimum absolute atomic E-state index is 0.143. The van der Waals surface area contributed by atoms with Gasteiger partial charge in [-0.05, 0) is 67.3 Å². The number of hydrogen-bond donors (Lipinski definition) is 2. The SMILES string of the molecule is CCCCC(CCC(C)CNc1cn[nH]c1Cc1ccc(CC)s1)c1cccc(OC(F)(F)F)c1. The van der Waals surface area contributed by atoms with Crippen LogP contribution in [0.25, 0.3) is 0 Å². The topological polar surface area (TPSA) is 49.9 Å². The van der Waals surface area contributed by atoms with Gasteiger partial charge in [-0.15, -0.1) is 24.5 Å². The average molecular weight is 508 g/mol. The molecular formula is C27H36F3N3OS. The van der Waals surface area contributed by atoms with Crippen molar-refractivity contribution in [2.24, 2.45) is 5.92 Å². The zero-order valence-corrected chi connectivity index (χ0v) is 21.6. The molecule has 192 valence electrons. The number of aromatic amines is 1. The largest absolute Gasteiger partial charge is 0.573 e. The van der Waals surface area contributed by atoms with Gasteiger partial charge in [-0.2, -0.15) is 5.10 Å². The van der Waals surface area contributed by atoms with Crippen LogP contribution < -0.4 is 10.1 Å². The molecule has 0 radical (unpaired) electrons. The molecule has 2 unspecified atom stereocenters. The first-order chi connectivity index (χ1) is 16.8. The lowest BCUT2D eigenvalue weighted by Gasteiger charge is -2.21. The van der Waals surface area contributed by atoms with Crippen LogP contribution in [0.4, 0.5) is 18.9 Å². The Labute approximate surface area is 210 Å². The summed E-state index contributed by atoms with van der Waals surface area (Å²) in [4.78, 5) is 2.70. The average Bonchev–Trinajstić information content (AvgIpc) is 3.46. The molecule has 0 fully saturated rings. The smallest absolute Gasteiger partial charge is 0.406 e. The van der Waals surface area contributed by atoms with Gasteiger partial charge in [-0.25, -0.2) is 0 Å². The molecule has 35 heavy (non-hydrogen) atoms. The fraction of sp³-hybridized carbons (Fsp3) is 0.519. The number of thiophene rings is 1. The van der Waals surface area contributed by atoms with E-state index >= 15 is 0 Å². The summed E-state index contributed by atoms with van der Waals surface area (Å²) < 4.78 is 42.1. The van der Waals surface area contributed by atoms with Crippen molar-refractivity contribution in [1.29, 1.82) is 0 Å². The number of alkyl halides is 3. The Hall–Kier alpha value is -2.48. The highest BCUT2D eigenvalue weighted by atomic mass is 32.1. The van der Waals surface area contributed by atoms with E-state index in [1.54, 1.807) is 12.1 Å². The van der Waals surface area contributed by atoms with Crippen LogP contribution in [0.2, 0.25) is 0 Å². The van der Waals surface area contributed by atoms with E-state index in [2.05, 4.69) is 53.2 Å². The summed E-state index contributed by atoms with van der Waals surface area (Å²) >= 11 is 1.84. The van der Waals surface area contributed by atoms with E-state index in [4.69, 9.17) is 0 Å². The van der Waals surface area contributed by atoms with Gasteiger partial charge in [0.25, 0.3) is 0 Å². The third kappa shape index (κ3) is 8.91. The summed E-state index contributed by atoms with van der Waals surface area (Å²) in [6.07, 6.45) is 4.00. The van der Waals surface area contributed by atoms with E-state index in [1.165, 1.54) is 15.8 Å². The minimum Gasteiger partial charge on any atom is -0.406 e. The Morgan fingerprint density at radius 3 is 2.60 bits per heavy atom. The van der Waals surface area contributed by atoms with Crippen LogP contribution in [0.1, 0.15) is 79.8 Å². The van der Waals surface area contributed by atoms with Gasteiger partial charge in [0.1, 0.15) is 5.75 Å². The first-order valence-corrected chi connectivity index (χ1v) is 13.3. The number of halogens is 3. The molecule has 3 aromatic rings. The Kier molecular flexibility index (Phi) is 10.1. The van der Waals surface area contributed by atoms with Crippen LogP contribution >= 0.6 is 11.3 Å². The van der Waals surface area contributed by atoms with Gasteiger partial charge in [-0.1, -0.05) is 45.7 Å². The number of nitrogens with zero attached hydrogens (tertiary/aromatic N) is 1. The molecule has 2 atom stereocenters. The minimum atomic E-state index is -4.68. The lowest BCUT2D eigenvalue weighted by atomic mass is 9.87. The van der Waals surface area contributed by atoms with Gasteiger partial charge in [0, 0.05) is 22.7 Å². The Morgan fingerprint density at radius 2 is 1.89 bits per heavy atom. The van der Waals surface area contributed by atoms with Gasteiger partial charge in [0.2, 0.25) is 0 Å².